The first kappa shape index (κ1) is 14.3. The fraction of sp³-hybridized carbons (Fsp3) is 0.375. The van der Waals surface area contributed by atoms with Crippen molar-refractivity contribution in [2.24, 2.45) is 0 Å². The van der Waals surface area contributed by atoms with E-state index < -0.39 is 0 Å². The monoisotopic (exact) mass is 271 g/mol. The van der Waals surface area contributed by atoms with Gasteiger partial charge < -0.3 is 10.1 Å². The van der Waals surface area contributed by atoms with Crippen molar-refractivity contribution < 1.29 is 4.74 Å². The van der Waals surface area contributed by atoms with Gasteiger partial charge in [-0.1, -0.05) is 39.0 Å². The molecule has 1 aromatic carbocycles. The Morgan fingerprint density at radius 1 is 1.15 bits per heavy atom. The maximum absolute atomic E-state index is 5.90. The first-order valence-electron chi connectivity index (χ1n) is 7.04. The van der Waals surface area contributed by atoms with E-state index in [1.54, 1.807) is 6.33 Å². The summed E-state index contributed by atoms with van der Waals surface area (Å²) in [5.74, 6) is 2.56. The number of para-hydroxylation sites is 1. The Balaban J connectivity index is 2.32. The highest BCUT2D eigenvalue weighted by Crippen LogP contribution is 2.32. The first-order valence-corrected chi connectivity index (χ1v) is 7.04. The normalized spacial score (nSPS) is 10.6. The van der Waals surface area contributed by atoms with E-state index in [1.807, 2.05) is 30.3 Å². The van der Waals surface area contributed by atoms with E-state index in [1.165, 1.54) is 0 Å². The predicted octanol–water partition coefficient (Wildman–Crippen LogP) is 4.21. The quantitative estimate of drug-likeness (QED) is 0.854. The molecule has 4 heteroatoms. The second kappa shape index (κ2) is 6.89. The minimum atomic E-state index is 0.286. The van der Waals surface area contributed by atoms with E-state index in [0.29, 0.717) is 5.88 Å². The lowest BCUT2D eigenvalue weighted by Gasteiger charge is -2.16. The molecule has 0 fully saturated rings. The van der Waals surface area contributed by atoms with E-state index >= 15 is 0 Å². The van der Waals surface area contributed by atoms with Gasteiger partial charge in [0.05, 0.1) is 5.56 Å². The van der Waals surface area contributed by atoms with Crippen LogP contribution in [0, 0.1) is 0 Å². The molecule has 0 bridgehead atoms. The molecule has 1 N–H and O–H groups in total. The zero-order valence-corrected chi connectivity index (χ0v) is 12.3. The summed E-state index contributed by atoms with van der Waals surface area (Å²) in [4.78, 5) is 8.63. The Labute approximate surface area is 120 Å². The fourth-order valence-electron chi connectivity index (χ4n) is 1.97. The number of anilines is 1. The van der Waals surface area contributed by atoms with Crippen LogP contribution in [0.25, 0.3) is 0 Å². The third-order valence-electron chi connectivity index (χ3n) is 2.92. The Morgan fingerprint density at radius 2 is 1.90 bits per heavy atom. The molecule has 20 heavy (non-hydrogen) atoms. The summed E-state index contributed by atoms with van der Waals surface area (Å²) in [5.41, 5.74) is 1.02. The number of hydrogen-bond acceptors (Lipinski definition) is 4. The molecular formula is C16H21N3O. The number of hydrogen-bond donors (Lipinski definition) is 1. The van der Waals surface area contributed by atoms with Crippen LogP contribution in [-0.2, 0) is 0 Å². The lowest BCUT2D eigenvalue weighted by molar-refractivity contribution is 0.452. The van der Waals surface area contributed by atoms with Crippen molar-refractivity contribution >= 4 is 5.82 Å². The summed E-state index contributed by atoms with van der Waals surface area (Å²) in [7, 11) is 0. The van der Waals surface area contributed by atoms with Crippen molar-refractivity contribution in [1.82, 2.24) is 9.97 Å². The maximum Gasteiger partial charge on any atom is 0.227 e. The minimum absolute atomic E-state index is 0.286. The SMILES string of the molecule is CCCNc1ncnc(Oc2ccccc2)c1C(C)C. The van der Waals surface area contributed by atoms with Gasteiger partial charge in [-0.05, 0) is 24.5 Å². The Morgan fingerprint density at radius 3 is 2.55 bits per heavy atom. The van der Waals surface area contributed by atoms with Crippen LogP contribution in [0.4, 0.5) is 5.82 Å². The number of nitrogens with one attached hydrogen (secondary N) is 1. The van der Waals surface area contributed by atoms with E-state index in [2.05, 4.69) is 36.1 Å². The summed E-state index contributed by atoms with van der Waals surface area (Å²) in [6, 6.07) is 9.70. The van der Waals surface area contributed by atoms with Gasteiger partial charge in [0.1, 0.15) is 17.9 Å². The Kier molecular flexibility index (Phi) is 4.93. The Hall–Kier alpha value is -2.10. The van der Waals surface area contributed by atoms with Crippen LogP contribution in [0.1, 0.15) is 38.7 Å². The van der Waals surface area contributed by atoms with Crippen LogP contribution in [0.2, 0.25) is 0 Å². The molecule has 1 heterocycles. The third kappa shape index (κ3) is 3.47. The van der Waals surface area contributed by atoms with Crippen LogP contribution in [-0.4, -0.2) is 16.5 Å². The predicted molar refractivity (Wildman–Crippen MR) is 81.4 cm³/mol. The van der Waals surface area contributed by atoms with E-state index in [-0.39, 0.29) is 5.92 Å². The third-order valence-corrected chi connectivity index (χ3v) is 2.92. The van der Waals surface area contributed by atoms with Crippen LogP contribution in [0.3, 0.4) is 0 Å². The molecule has 2 aromatic rings. The molecule has 1 aromatic heterocycles. The molecule has 0 saturated heterocycles. The summed E-state index contributed by atoms with van der Waals surface area (Å²) >= 11 is 0. The van der Waals surface area contributed by atoms with E-state index in [4.69, 9.17) is 4.74 Å². The molecule has 0 amide bonds. The topological polar surface area (TPSA) is 47.0 Å². The highest BCUT2D eigenvalue weighted by atomic mass is 16.5. The molecule has 0 unspecified atom stereocenters. The summed E-state index contributed by atoms with van der Waals surface area (Å²) < 4.78 is 5.90. The number of aromatic nitrogens is 2. The molecule has 0 atom stereocenters. The molecular weight excluding hydrogens is 250 g/mol. The summed E-state index contributed by atoms with van der Waals surface area (Å²) in [6.45, 7) is 7.26. The fourth-order valence-corrected chi connectivity index (χ4v) is 1.97. The Bertz CT molecular complexity index is 541. The zero-order chi connectivity index (χ0) is 14.4. The zero-order valence-electron chi connectivity index (χ0n) is 12.3. The largest absolute Gasteiger partial charge is 0.439 e. The van der Waals surface area contributed by atoms with Crippen LogP contribution in [0.15, 0.2) is 36.7 Å². The molecule has 0 aliphatic carbocycles. The first-order chi connectivity index (χ1) is 9.72. The second-order valence-corrected chi connectivity index (χ2v) is 4.94. The van der Waals surface area contributed by atoms with Gasteiger partial charge in [-0.15, -0.1) is 0 Å². The molecule has 0 radical (unpaired) electrons. The van der Waals surface area contributed by atoms with Gasteiger partial charge in [0.15, 0.2) is 0 Å². The van der Waals surface area contributed by atoms with Gasteiger partial charge >= 0.3 is 0 Å². The van der Waals surface area contributed by atoms with Gasteiger partial charge in [-0.25, -0.2) is 9.97 Å². The van der Waals surface area contributed by atoms with E-state index in [9.17, 15) is 0 Å². The minimum Gasteiger partial charge on any atom is -0.439 e. The van der Waals surface area contributed by atoms with Crippen LogP contribution >= 0.6 is 0 Å². The van der Waals surface area contributed by atoms with Crippen molar-refractivity contribution in [3.8, 4) is 11.6 Å². The van der Waals surface area contributed by atoms with Crippen LogP contribution in [0.5, 0.6) is 11.6 Å². The van der Waals surface area contributed by atoms with Gasteiger partial charge in [-0.3, -0.25) is 0 Å². The van der Waals surface area contributed by atoms with Crippen molar-refractivity contribution in [2.75, 3.05) is 11.9 Å². The van der Waals surface area contributed by atoms with Crippen molar-refractivity contribution in [3.63, 3.8) is 0 Å². The number of benzene rings is 1. The van der Waals surface area contributed by atoms with Gasteiger partial charge in [0.25, 0.3) is 0 Å². The molecule has 2 rings (SSSR count). The van der Waals surface area contributed by atoms with Crippen molar-refractivity contribution in [2.45, 2.75) is 33.1 Å². The summed E-state index contributed by atoms with van der Waals surface area (Å²) in [5, 5.41) is 3.34. The van der Waals surface area contributed by atoms with Gasteiger partial charge in [-0.2, -0.15) is 0 Å². The van der Waals surface area contributed by atoms with E-state index in [0.717, 1.165) is 30.1 Å². The van der Waals surface area contributed by atoms with Crippen LogP contribution < -0.4 is 10.1 Å². The molecule has 0 saturated carbocycles. The maximum atomic E-state index is 5.90. The average Bonchev–Trinajstić information content (AvgIpc) is 2.46. The van der Waals surface area contributed by atoms with Crippen molar-refractivity contribution in [3.05, 3.63) is 42.2 Å². The highest BCUT2D eigenvalue weighted by molar-refractivity contribution is 5.51. The molecule has 106 valence electrons. The smallest absolute Gasteiger partial charge is 0.227 e. The average molecular weight is 271 g/mol. The standard InChI is InChI=1S/C16H21N3O/c1-4-10-17-15-14(12(2)3)16(19-11-18-15)20-13-8-6-5-7-9-13/h5-9,11-12H,4,10H2,1-3H3,(H,17,18,19). The second-order valence-electron chi connectivity index (χ2n) is 4.94. The lowest BCUT2D eigenvalue weighted by atomic mass is 10.1. The lowest BCUT2D eigenvalue weighted by Crippen LogP contribution is -2.08. The molecule has 0 aliphatic rings. The number of nitrogens with zero attached hydrogens (tertiary/aromatic N) is 2. The molecule has 4 nitrogen and oxygen atoms in total. The van der Waals surface area contributed by atoms with Gasteiger partial charge in [0, 0.05) is 6.54 Å². The number of ether oxygens (including phenoxy) is 1. The molecule has 0 aliphatic heterocycles. The summed E-state index contributed by atoms with van der Waals surface area (Å²) in [6.07, 6.45) is 2.60. The molecule has 0 spiro atoms. The highest BCUT2D eigenvalue weighted by Gasteiger charge is 2.16. The van der Waals surface area contributed by atoms with Gasteiger partial charge in [0.2, 0.25) is 5.88 Å². The number of rotatable bonds is 6. The van der Waals surface area contributed by atoms with Crippen molar-refractivity contribution in [1.29, 1.82) is 0 Å².